The Labute approximate surface area is 161 Å². The van der Waals surface area contributed by atoms with Crippen molar-refractivity contribution < 1.29 is 17.9 Å². The largest absolute Gasteiger partial charge is 0.491 e. The number of carbonyl (C=O) groups excluding carboxylic acids is 1. The summed E-state index contributed by atoms with van der Waals surface area (Å²) in [5, 5.41) is 2.77. The first kappa shape index (κ1) is 20.8. The summed E-state index contributed by atoms with van der Waals surface area (Å²) >= 11 is 0. The van der Waals surface area contributed by atoms with E-state index >= 15 is 0 Å². The molecule has 1 amide bonds. The summed E-state index contributed by atoms with van der Waals surface area (Å²) in [4.78, 5) is 12.3. The van der Waals surface area contributed by atoms with Crippen molar-refractivity contribution in [3.05, 3.63) is 59.7 Å². The second-order valence-corrected chi connectivity index (χ2v) is 8.60. The number of nitrogens with zero attached hydrogens (tertiary/aromatic N) is 1. The van der Waals surface area contributed by atoms with Gasteiger partial charge in [0, 0.05) is 6.54 Å². The predicted octanol–water partition coefficient (Wildman–Crippen LogP) is 2.86. The van der Waals surface area contributed by atoms with Crippen molar-refractivity contribution in [2.24, 2.45) is 0 Å². The van der Waals surface area contributed by atoms with E-state index in [1.165, 1.54) is 0 Å². The summed E-state index contributed by atoms with van der Waals surface area (Å²) in [5.41, 5.74) is 2.48. The fourth-order valence-corrected chi connectivity index (χ4v) is 3.43. The average molecular weight is 391 g/mol. The molecule has 146 valence electrons. The van der Waals surface area contributed by atoms with Crippen LogP contribution in [0.3, 0.4) is 0 Å². The number of hydrogen-bond donors (Lipinski definition) is 1. The predicted molar refractivity (Wildman–Crippen MR) is 107 cm³/mol. The van der Waals surface area contributed by atoms with Gasteiger partial charge in [-0.25, -0.2) is 8.42 Å². The summed E-state index contributed by atoms with van der Waals surface area (Å²) in [5.74, 6) is 0.274. The van der Waals surface area contributed by atoms with Gasteiger partial charge in [-0.05, 0) is 50.6 Å². The van der Waals surface area contributed by atoms with E-state index in [9.17, 15) is 13.2 Å². The maximum Gasteiger partial charge on any atom is 0.241 e. The number of hydrogen-bond acceptors (Lipinski definition) is 4. The van der Waals surface area contributed by atoms with Crippen molar-refractivity contribution in [3.8, 4) is 5.75 Å². The Bertz CT molecular complexity index is 877. The molecule has 0 heterocycles. The molecule has 0 aliphatic rings. The van der Waals surface area contributed by atoms with Crippen LogP contribution in [0.4, 0.5) is 5.69 Å². The van der Waals surface area contributed by atoms with Crippen LogP contribution in [0.25, 0.3) is 0 Å². The number of amides is 1. The molecule has 6 nitrogen and oxygen atoms in total. The van der Waals surface area contributed by atoms with Crippen LogP contribution in [-0.4, -0.2) is 33.2 Å². The number of anilines is 1. The number of benzene rings is 2. The van der Waals surface area contributed by atoms with E-state index in [2.05, 4.69) is 5.32 Å². The van der Waals surface area contributed by atoms with Crippen molar-refractivity contribution in [3.63, 3.8) is 0 Å². The van der Waals surface area contributed by atoms with Crippen molar-refractivity contribution in [2.45, 2.75) is 33.4 Å². The van der Waals surface area contributed by atoms with Gasteiger partial charge < -0.3 is 10.1 Å². The number of aryl methyl sites for hydroxylation is 1. The van der Waals surface area contributed by atoms with Gasteiger partial charge in [0.05, 0.1) is 18.0 Å². The molecule has 0 aliphatic carbocycles. The van der Waals surface area contributed by atoms with Gasteiger partial charge in [-0.2, -0.15) is 0 Å². The third-order valence-electron chi connectivity index (χ3n) is 3.76. The first-order chi connectivity index (χ1) is 12.6. The Morgan fingerprint density at radius 2 is 1.81 bits per heavy atom. The minimum absolute atomic E-state index is 0.0225. The molecule has 0 saturated heterocycles. The maximum atomic E-state index is 12.3. The van der Waals surface area contributed by atoms with Gasteiger partial charge in [0.2, 0.25) is 15.9 Å². The molecule has 27 heavy (non-hydrogen) atoms. The lowest BCUT2D eigenvalue weighted by Gasteiger charge is -2.22. The van der Waals surface area contributed by atoms with Gasteiger partial charge >= 0.3 is 0 Å². The van der Waals surface area contributed by atoms with Gasteiger partial charge in [-0.1, -0.05) is 29.8 Å². The van der Waals surface area contributed by atoms with Crippen LogP contribution in [-0.2, 0) is 21.4 Å². The maximum absolute atomic E-state index is 12.3. The van der Waals surface area contributed by atoms with E-state index in [-0.39, 0.29) is 18.6 Å². The molecule has 0 saturated carbocycles. The molecular weight excluding hydrogens is 364 g/mol. The third-order valence-corrected chi connectivity index (χ3v) is 4.90. The van der Waals surface area contributed by atoms with Crippen LogP contribution in [0, 0.1) is 6.92 Å². The second kappa shape index (κ2) is 8.90. The zero-order valence-electron chi connectivity index (χ0n) is 16.1. The molecule has 0 fully saturated rings. The molecule has 0 radical (unpaired) electrons. The molecule has 0 aromatic heterocycles. The number of ether oxygens (including phenoxy) is 1. The lowest BCUT2D eigenvalue weighted by Crippen LogP contribution is -2.40. The second-order valence-electron chi connectivity index (χ2n) is 6.70. The molecule has 0 bridgehead atoms. The van der Waals surface area contributed by atoms with E-state index in [0.29, 0.717) is 18.0 Å². The van der Waals surface area contributed by atoms with E-state index in [0.717, 1.165) is 21.7 Å². The first-order valence-electron chi connectivity index (χ1n) is 8.72. The third kappa shape index (κ3) is 6.60. The van der Waals surface area contributed by atoms with Crippen molar-refractivity contribution in [2.75, 3.05) is 17.1 Å². The van der Waals surface area contributed by atoms with Gasteiger partial charge in [0.1, 0.15) is 12.3 Å². The first-order valence-corrected chi connectivity index (χ1v) is 10.6. The normalized spacial score (nSPS) is 11.3. The Morgan fingerprint density at radius 1 is 1.15 bits per heavy atom. The fraction of sp³-hybridized carbons (Fsp3) is 0.350. The van der Waals surface area contributed by atoms with Crippen LogP contribution in [0.1, 0.15) is 25.0 Å². The molecule has 1 N–H and O–H groups in total. The number of sulfonamides is 1. The lowest BCUT2D eigenvalue weighted by atomic mass is 10.1. The van der Waals surface area contributed by atoms with Crippen molar-refractivity contribution >= 4 is 21.6 Å². The number of rotatable bonds is 8. The van der Waals surface area contributed by atoms with E-state index < -0.39 is 10.0 Å². The molecule has 0 atom stereocenters. The molecule has 0 aliphatic heterocycles. The van der Waals surface area contributed by atoms with Crippen LogP contribution >= 0.6 is 0 Å². The Morgan fingerprint density at radius 3 is 2.37 bits per heavy atom. The van der Waals surface area contributed by atoms with E-state index in [4.69, 9.17) is 4.74 Å². The summed E-state index contributed by atoms with van der Waals surface area (Å²) in [7, 11) is -3.61. The molecule has 0 unspecified atom stereocenters. The topological polar surface area (TPSA) is 75.7 Å². The average Bonchev–Trinajstić information content (AvgIpc) is 2.57. The van der Waals surface area contributed by atoms with Crippen molar-refractivity contribution in [1.29, 1.82) is 0 Å². The number of carbonyl (C=O) groups is 1. The molecular formula is C20H26N2O4S. The van der Waals surface area contributed by atoms with Crippen molar-refractivity contribution in [1.82, 2.24) is 5.32 Å². The molecule has 0 spiro atoms. The van der Waals surface area contributed by atoms with Crippen LogP contribution in [0.2, 0.25) is 0 Å². The smallest absolute Gasteiger partial charge is 0.241 e. The van der Waals surface area contributed by atoms with Gasteiger partial charge in [-0.3, -0.25) is 9.10 Å². The zero-order valence-corrected chi connectivity index (χ0v) is 16.9. The van der Waals surface area contributed by atoms with Gasteiger partial charge in [0.25, 0.3) is 0 Å². The Hall–Kier alpha value is -2.54. The standard InChI is InChI=1S/C20H26N2O4S/c1-15(2)26-19-10-8-18(9-11-19)22(27(4,24)25)14-20(23)21-13-17-7-5-6-16(3)12-17/h5-12,15H,13-14H2,1-4H3,(H,21,23). The Balaban J connectivity index is 2.07. The monoisotopic (exact) mass is 390 g/mol. The summed E-state index contributed by atoms with van der Waals surface area (Å²) in [6.45, 7) is 5.86. The Kier molecular flexibility index (Phi) is 6.85. The molecule has 7 heteroatoms. The van der Waals surface area contributed by atoms with Crippen LogP contribution in [0.5, 0.6) is 5.75 Å². The highest BCUT2D eigenvalue weighted by Gasteiger charge is 2.20. The van der Waals surface area contributed by atoms with E-state index in [1.807, 2.05) is 45.0 Å². The quantitative estimate of drug-likeness (QED) is 0.752. The minimum atomic E-state index is -3.61. The fourth-order valence-electron chi connectivity index (χ4n) is 2.57. The summed E-state index contributed by atoms with van der Waals surface area (Å²) in [6, 6.07) is 14.4. The van der Waals surface area contributed by atoms with Gasteiger partial charge in [0.15, 0.2) is 0 Å². The molecule has 2 aromatic carbocycles. The highest BCUT2D eigenvalue weighted by Crippen LogP contribution is 2.22. The lowest BCUT2D eigenvalue weighted by molar-refractivity contribution is -0.119. The van der Waals surface area contributed by atoms with Crippen LogP contribution < -0.4 is 14.4 Å². The summed E-state index contributed by atoms with van der Waals surface area (Å²) < 4.78 is 31.0. The highest BCUT2D eigenvalue weighted by atomic mass is 32.2. The summed E-state index contributed by atoms with van der Waals surface area (Å²) in [6.07, 6.45) is 1.11. The van der Waals surface area contributed by atoms with Gasteiger partial charge in [-0.15, -0.1) is 0 Å². The minimum Gasteiger partial charge on any atom is -0.491 e. The molecule has 2 rings (SSSR count). The SMILES string of the molecule is Cc1cccc(CNC(=O)CN(c2ccc(OC(C)C)cc2)S(C)(=O)=O)c1. The zero-order chi connectivity index (χ0) is 20.0. The van der Waals surface area contributed by atoms with E-state index in [1.54, 1.807) is 24.3 Å². The number of nitrogens with one attached hydrogen (secondary N) is 1. The molecule has 2 aromatic rings. The highest BCUT2D eigenvalue weighted by molar-refractivity contribution is 7.92. The van der Waals surface area contributed by atoms with Crippen LogP contribution in [0.15, 0.2) is 48.5 Å².